The van der Waals surface area contributed by atoms with E-state index in [0.717, 1.165) is 56.1 Å². The Labute approximate surface area is 177 Å². The normalized spacial score (nSPS) is 15.2. The first-order valence-corrected chi connectivity index (χ1v) is 9.97. The van der Waals surface area contributed by atoms with E-state index in [1.165, 1.54) is 7.11 Å². The highest BCUT2D eigenvalue weighted by Crippen LogP contribution is 2.25. The molecular formula is C21H23F2N5O3. The van der Waals surface area contributed by atoms with Crippen molar-refractivity contribution < 1.29 is 22.7 Å². The van der Waals surface area contributed by atoms with Crippen LogP contribution in [0.1, 0.15) is 24.4 Å². The van der Waals surface area contributed by atoms with Crippen molar-refractivity contribution in [1.29, 1.82) is 0 Å². The van der Waals surface area contributed by atoms with Crippen LogP contribution in [0.4, 0.5) is 19.4 Å². The maximum atomic E-state index is 13.5. The van der Waals surface area contributed by atoms with E-state index in [4.69, 9.17) is 9.15 Å². The standard InChI is InChI=1S/C21H23F2N5O3/c1-12-3-4-14(31-12)11-28-7-5-13(6-8-28)24-21(29)27-19-20(30-2)26-18-10-16(23)15(22)9-17(18)25-19/h3-4,9-10,13H,5-8,11H2,1-2H3,(H2,24,25,27,29). The molecule has 2 amide bonds. The molecule has 2 aromatic heterocycles. The third kappa shape index (κ3) is 4.91. The van der Waals surface area contributed by atoms with Crippen LogP contribution in [0.5, 0.6) is 5.88 Å². The average molecular weight is 431 g/mol. The maximum absolute atomic E-state index is 13.5. The van der Waals surface area contributed by atoms with Gasteiger partial charge in [-0.3, -0.25) is 10.2 Å². The summed E-state index contributed by atoms with van der Waals surface area (Å²) >= 11 is 0. The summed E-state index contributed by atoms with van der Waals surface area (Å²) in [5, 5.41) is 5.51. The zero-order chi connectivity index (χ0) is 22.0. The van der Waals surface area contributed by atoms with Crippen molar-refractivity contribution in [3.8, 4) is 5.88 Å². The summed E-state index contributed by atoms with van der Waals surface area (Å²) in [6, 6.07) is 5.32. The summed E-state index contributed by atoms with van der Waals surface area (Å²) in [6.07, 6.45) is 1.58. The van der Waals surface area contributed by atoms with Crippen molar-refractivity contribution in [2.24, 2.45) is 0 Å². The molecule has 1 aliphatic rings. The number of halogens is 2. The van der Waals surface area contributed by atoms with E-state index in [0.29, 0.717) is 0 Å². The molecule has 3 heterocycles. The van der Waals surface area contributed by atoms with Gasteiger partial charge >= 0.3 is 6.03 Å². The summed E-state index contributed by atoms with van der Waals surface area (Å²) in [5.74, 6) is -0.209. The van der Waals surface area contributed by atoms with E-state index in [1.807, 2.05) is 19.1 Å². The van der Waals surface area contributed by atoms with E-state index >= 15 is 0 Å². The fourth-order valence-corrected chi connectivity index (χ4v) is 3.61. The number of nitrogens with one attached hydrogen (secondary N) is 2. The van der Waals surface area contributed by atoms with E-state index in [1.54, 1.807) is 0 Å². The first kappa shape index (κ1) is 21.0. The number of aromatic nitrogens is 2. The second-order valence-corrected chi connectivity index (χ2v) is 7.50. The maximum Gasteiger partial charge on any atom is 0.320 e. The van der Waals surface area contributed by atoms with Crippen molar-refractivity contribution in [3.05, 3.63) is 47.4 Å². The summed E-state index contributed by atoms with van der Waals surface area (Å²) in [5.41, 5.74) is 0.234. The molecule has 0 saturated carbocycles. The van der Waals surface area contributed by atoms with Crippen molar-refractivity contribution in [2.75, 3.05) is 25.5 Å². The smallest absolute Gasteiger partial charge is 0.320 e. The minimum absolute atomic E-state index is 0.000498. The Hall–Kier alpha value is -3.27. The Morgan fingerprint density at radius 2 is 1.87 bits per heavy atom. The van der Waals surface area contributed by atoms with Crippen molar-refractivity contribution in [2.45, 2.75) is 32.4 Å². The molecular weight excluding hydrogens is 408 g/mol. The van der Waals surface area contributed by atoms with Gasteiger partial charge in [0.15, 0.2) is 17.5 Å². The van der Waals surface area contributed by atoms with Crippen molar-refractivity contribution in [1.82, 2.24) is 20.2 Å². The third-order valence-corrected chi connectivity index (χ3v) is 5.20. The van der Waals surface area contributed by atoms with E-state index in [-0.39, 0.29) is 28.8 Å². The Morgan fingerprint density at radius 3 is 2.48 bits per heavy atom. The number of nitrogens with zero attached hydrogens (tertiary/aromatic N) is 3. The lowest BCUT2D eigenvalue weighted by molar-refractivity contribution is 0.178. The third-order valence-electron chi connectivity index (χ3n) is 5.20. The van der Waals surface area contributed by atoms with Gasteiger partial charge in [-0.25, -0.2) is 23.5 Å². The molecule has 4 rings (SSSR count). The average Bonchev–Trinajstić information content (AvgIpc) is 3.15. The number of benzene rings is 1. The zero-order valence-electron chi connectivity index (χ0n) is 17.2. The number of likely N-dealkylation sites (tertiary alicyclic amines) is 1. The van der Waals surface area contributed by atoms with E-state index in [2.05, 4.69) is 25.5 Å². The number of ether oxygens (including phenoxy) is 1. The lowest BCUT2D eigenvalue weighted by atomic mass is 10.1. The predicted octanol–water partition coefficient (Wildman–Crippen LogP) is 3.60. The number of carbonyl (C=O) groups excluding carboxylic acids is 1. The topological polar surface area (TPSA) is 92.5 Å². The number of carbonyl (C=O) groups is 1. The second-order valence-electron chi connectivity index (χ2n) is 7.50. The van der Waals surface area contributed by atoms with Crippen LogP contribution in [0.2, 0.25) is 0 Å². The molecule has 1 fully saturated rings. The zero-order valence-corrected chi connectivity index (χ0v) is 17.2. The number of anilines is 1. The first-order chi connectivity index (χ1) is 14.9. The van der Waals surface area contributed by atoms with Gasteiger partial charge in [0, 0.05) is 31.3 Å². The van der Waals surface area contributed by atoms with E-state index < -0.39 is 17.7 Å². The number of aryl methyl sites for hydroxylation is 1. The number of hydrogen-bond donors (Lipinski definition) is 2. The van der Waals surface area contributed by atoms with Gasteiger partial charge in [-0.1, -0.05) is 0 Å². The molecule has 31 heavy (non-hydrogen) atoms. The van der Waals surface area contributed by atoms with Gasteiger partial charge in [-0.15, -0.1) is 0 Å². The number of amides is 2. The molecule has 0 radical (unpaired) electrons. The van der Waals surface area contributed by atoms with Crippen LogP contribution in [-0.4, -0.2) is 47.1 Å². The summed E-state index contributed by atoms with van der Waals surface area (Å²) in [4.78, 5) is 23.0. The fraction of sp³-hybridized carbons (Fsp3) is 0.381. The summed E-state index contributed by atoms with van der Waals surface area (Å²) < 4.78 is 37.7. The highest BCUT2D eigenvalue weighted by atomic mass is 19.2. The molecule has 0 bridgehead atoms. The minimum atomic E-state index is -1.04. The SMILES string of the molecule is COc1nc2cc(F)c(F)cc2nc1NC(=O)NC1CCN(Cc2ccc(C)o2)CC1. The number of methoxy groups -OCH3 is 1. The van der Waals surface area contributed by atoms with Crippen LogP contribution in [0, 0.1) is 18.6 Å². The Balaban J connectivity index is 1.35. The second kappa shape index (κ2) is 8.84. The predicted molar refractivity (Wildman–Crippen MR) is 110 cm³/mol. The Morgan fingerprint density at radius 1 is 1.19 bits per heavy atom. The van der Waals surface area contributed by atoms with Crippen LogP contribution in [0.25, 0.3) is 11.0 Å². The van der Waals surface area contributed by atoms with Crippen LogP contribution in [0.3, 0.4) is 0 Å². The van der Waals surface area contributed by atoms with Crippen LogP contribution in [-0.2, 0) is 6.54 Å². The van der Waals surface area contributed by atoms with Crippen LogP contribution < -0.4 is 15.4 Å². The van der Waals surface area contributed by atoms with Gasteiger partial charge in [0.1, 0.15) is 11.5 Å². The van der Waals surface area contributed by atoms with Crippen molar-refractivity contribution in [3.63, 3.8) is 0 Å². The lowest BCUT2D eigenvalue weighted by Gasteiger charge is -2.31. The molecule has 0 unspecified atom stereocenters. The van der Waals surface area contributed by atoms with Gasteiger partial charge in [0.25, 0.3) is 5.88 Å². The molecule has 2 N–H and O–H groups in total. The van der Waals surface area contributed by atoms with E-state index in [9.17, 15) is 13.6 Å². The first-order valence-electron chi connectivity index (χ1n) is 9.97. The van der Waals surface area contributed by atoms with Gasteiger partial charge in [-0.2, -0.15) is 0 Å². The van der Waals surface area contributed by atoms with Gasteiger partial charge in [-0.05, 0) is 31.9 Å². The fourth-order valence-electron chi connectivity index (χ4n) is 3.61. The number of piperidine rings is 1. The number of urea groups is 1. The lowest BCUT2D eigenvalue weighted by Crippen LogP contribution is -2.45. The van der Waals surface area contributed by atoms with Gasteiger partial charge < -0.3 is 14.5 Å². The highest BCUT2D eigenvalue weighted by molar-refractivity contribution is 5.91. The molecule has 8 nitrogen and oxygen atoms in total. The van der Waals surface area contributed by atoms with Crippen molar-refractivity contribution >= 4 is 22.9 Å². The minimum Gasteiger partial charge on any atom is -0.478 e. The molecule has 1 saturated heterocycles. The number of hydrogen-bond acceptors (Lipinski definition) is 6. The molecule has 164 valence electrons. The highest BCUT2D eigenvalue weighted by Gasteiger charge is 2.22. The number of furan rings is 1. The molecule has 0 aliphatic carbocycles. The quantitative estimate of drug-likeness (QED) is 0.641. The Bertz CT molecular complexity index is 1100. The number of rotatable bonds is 5. The largest absolute Gasteiger partial charge is 0.478 e. The van der Waals surface area contributed by atoms with Gasteiger partial charge in [0.05, 0.1) is 24.7 Å². The number of fused-ring (bicyclic) bond motifs is 1. The molecule has 1 aromatic carbocycles. The summed E-state index contributed by atoms with van der Waals surface area (Å²) in [7, 11) is 1.36. The molecule has 10 heteroatoms. The summed E-state index contributed by atoms with van der Waals surface area (Å²) in [6.45, 7) is 4.32. The Kier molecular flexibility index (Phi) is 5.99. The molecule has 0 atom stereocenters. The molecule has 3 aromatic rings. The molecule has 1 aliphatic heterocycles. The van der Waals surface area contributed by atoms with Crippen LogP contribution >= 0.6 is 0 Å². The monoisotopic (exact) mass is 431 g/mol. The molecule has 0 spiro atoms. The van der Waals surface area contributed by atoms with Gasteiger partial charge in [0.2, 0.25) is 0 Å². The van der Waals surface area contributed by atoms with Crippen LogP contribution in [0.15, 0.2) is 28.7 Å².